The molecular formula is C16H16N2O5S. The quantitative estimate of drug-likeness (QED) is 0.436. The highest BCUT2D eigenvalue weighted by Crippen LogP contribution is 2.27. The zero-order valence-electron chi connectivity index (χ0n) is 13.0. The van der Waals surface area contributed by atoms with Gasteiger partial charge in [0, 0.05) is 12.1 Å². The third-order valence-corrected chi connectivity index (χ3v) is 5.06. The molecule has 0 N–H and O–H groups in total. The van der Waals surface area contributed by atoms with E-state index in [-0.39, 0.29) is 17.1 Å². The molecule has 2 aromatic rings. The van der Waals surface area contributed by atoms with Crippen LogP contribution in [0.2, 0.25) is 0 Å². The lowest BCUT2D eigenvalue weighted by atomic mass is 10.3. The van der Waals surface area contributed by atoms with Gasteiger partial charge in [0.15, 0.2) is 0 Å². The zero-order chi connectivity index (χ0) is 17.7. The molecule has 0 saturated heterocycles. The summed E-state index contributed by atoms with van der Waals surface area (Å²) in [6.07, 6.45) is 1.44. The maximum Gasteiger partial charge on any atom is 0.270 e. The third kappa shape index (κ3) is 3.54. The monoisotopic (exact) mass is 348 g/mol. The standard InChI is InChI=1S/C16H16N2O5S/c1-3-11-17(13-7-9-15(23-2)10-8-13)24(21,22)16-6-4-5-14(12-16)18(19)20/h3-10,12H,1,11H2,2H3. The van der Waals surface area contributed by atoms with E-state index in [2.05, 4.69) is 6.58 Å². The van der Waals surface area contributed by atoms with Crippen LogP contribution in [0, 0.1) is 10.1 Å². The molecule has 0 spiro atoms. The van der Waals surface area contributed by atoms with Crippen LogP contribution in [-0.2, 0) is 10.0 Å². The first-order valence-electron chi connectivity index (χ1n) is 6.92. The van der Waals surface area contributed by atoms with Crippen molar-refractivity contribution < 1.29 is 18.1 Å². The van der Waals surface area contributed by atoms with Gasteiger partial charge in [-0.05, 0) is 30.3 Å². The number of non-ortho nitro benzene ring substituents is 1. The predicted octanol–water partition coefficient (Wildman–Crippen LogP) is 2.98. The first-order valence-corrected chi connectivity index (χ1v) is 8.36. The van der Waals surface area contributed by atoms with Gasteiger partial charge >= 0.3 is 0 Å². The second kappa shape index (κ2) is 7.14. The molecule has 0 aliphatic rings. The minimum Gasteiger partial charge on any atom is -0.497 e. The summed E-state index contributed by atoms with van der Waals surface area (Å²) < 4.78 is 31.9. The predicted molar refractivity (Wildman–Crippen MR) is 90.8 cm³/mol. The number of anilines is 1. The van der Waals surface area contributed by atoms with Crippen LogP contribution < -0.4 is 9.04 Å². The van der Waals surface area contributed by atoms with Gasteiger partial charge in [-0.3, -0.25) is 14.4 Å². The lowest BCUT2D eigenvalue weighted by Gasteiger charge is -2.23. The van der Waals surface area contributed by atoms with Crippen LogP contribution in [-0.4, -0.2) is 27.0 Å². The summed E-state index contributed by atoms with van der Waals surface area (Å²) in [7, 11) is -2.46. The highest BCUT2D eigenvalue weighted by Gasteiger charge is 2.25. The molecule has 0 aliphatic carbocycles. The van der Waals surface area contributed by atoms with Gasteiger partial charge in [0.25, 0.3) is 15.7 Å². The van der Waals surface area contributed by atoms with Crippen molar-refractivity contribution in [1.82, 2.24) is 0 Å². The summed E-state index contributed by atoms with van der Waals surface area (Å²) in [5.74, 6) is 0.588. The van der Waals surface area contributed by atoms with Crippen molar-refractivity contribution in [2.75, 3.05) is 18.0 Å². The minimum atomic E-state index is -3.98. The Morgan fingerprint density at radius 2 is 1.92 bits per heavy atom. The molecule has 0 aromatic heterocycles. The molecule has 0 fully saturated rings. The van der Waals surface area contributed by atoms with Crippen LogP contribution >= 0.6 is 0 Å². The maximum absolute atomic E-state index is 12.9. The number of nitrogens with zero attached hydrogens (tertiary/aromatic N) is 2. The van der Waals surface area contributed by atoms with E-state index in [1.54, 1.807) is 24.3 Å². The average Bonchev–Trinajstić information content (AvgIpc) is 2.59. The highest BCUT2D eigenvalue weighted by atomic mass is 32.2. The number of rotatable bonds is 7. The minimum absolute atomic E-state index is 0.0252. The number of hydrogen-bond donors (Lipinski definition) is 0. The molecule has 7 nitrogen and oxygen atoms in total. The van der Waals surface area contributed by atoms with Gasteiger partial charge in [0.05, 0.1) is 29.2 Å². The van der Waals surface area contributed by atoms with Gasteiger partial charge < -0.3 is 4.74 Å². The summed E-state index contributed by atoms with van der Waals surface area (Å²) in [5.41, 5.74) is 0.117. The fourth-order valence-electron chi connectivity index (χ4n) is 2.09. The molecule has 0 saturated carbocycles. The third-order valence-electron chi connectivity index (χ3n) is 3.27. The van der Waals surface area contributed by atoms with Gasteiger partial charge in [-0.1, -0.05) is 12.1 Å². The Labute approximate surface area is 140 Å². The summed E-state index contributed by atoms with van der Waals surface area (Å²) in [4.78, 5) is 10.1. The van der Waals surface area contributed by atoms with Crippen LogP contribution in [0.1, 0.15) is 0 Å². The molecule has 24 heavy (non-hydrogen) atoms. The molecule has 0 amide bonds. The number of benzene rings is 2. The van der Waals surface area contributed by atoms with Gasteiger partial charge in [-0.25, -0.2) is 8.42 Å². The van der Waals surface area contributed by atoms with Crippen molar-refractivity contribution in [3.8, 4) is 5.75 Å². The number of ether oxygens (including phenoxy) is 1. The second-order valence-electron chi connectivity index (χ2n) is 4.78. The molecule has 126 valence electrons. The van der Waals surface area contributed by atoms with E-state index >= 15 is 0 Å². The molecular weight excluding hydrogens is 332 g/mol. The molecule has 0 atom stereocenters. The van der Waals surface area contributed by atoms with Crippen LogP contribution in [0.25, 0.3) is 0 Å². The largest absolute Gasteiger partial charge is 0.497 e. The fraction of sp³-hybridized carbons (Fsp3) is 0.125. The smallest absolute Gasteiger partial charge is 0.270 e. The van der Waals surface area contributed by atoms with Gasteiger partial charge in [0.2, 0.25) is 0 Å². The van der Waals surface area contributed by atoms with E-state index < -0.39 is 14.9 Å². The van der Waals surface area contributed by atoms with Crippen LogP contribution in [0.5, 0.6) is 5.75 Å². The van der Waals surface area contributed by atoms with E-state index in [4.69, 9.17) is 4.74 Å². The summed E-state index contributed by atoms with van der Waals surface area (Å²) >= 11 is 0. The summed E-state index contributed by atoms with van der Waals surface area (Å²) in [6, 6.07) is 11.4. The van der Waals surface area contributed by atoms with Gasteiger partial charge in [0.1, 0.15) is 5.75 Å². The number of methoxy groups -OCH3 is 1. The molecule has 0 radical (unpaired) electrons. The Morgan fingerprint density at radius 1 is 1.25 bits per heavy atom. The number of sulfonamides is 1. The normalized spacial score (nSPS) is 10.9. The van der Waals surface area contributed by atoms with Crippen LogP contribution in [0.15, 0.2) is 66.1 Å². The van der Waals surface area contributed by atoms with E-state index in [1.807, 2.05) is 0 Å². The van der Waals surface area contributed by atoms with E-state index in [0.717, 1.165) is 10.4 Å². The first-order chi connectivity index (χ1) is 11.4. The van der Waals surface area contributed by atoms with Crippen molar-refractivity contribution in [3.63, 3.8) is 0 Å². The van der Waals surface area contributed by atoms with Crippen molar-refractivity contribution in [2.24, 2.45) is 0 Å². The Hall–Kier alpha value is -2.87. The topological polar surface area (TPSA) is 89.8 Å². The number of nitro groups is 1. The molecule has 0 aliphatic heterocycles. The maximum atomic E-state index is 12.9. The van der Waals surface area contributed by atoms with Crippen molar-refractivity contribution in [3.05, 3.63) is 71.3 Å². The van der Waals surface area contributed by atoms with Crippen molar-refractivity contribution in [2.45, 2.75) is 4.90 Å². The van der Waals surface area contributed by atoms with Gasteiger partial charge in [-0.2, -0.15) is 0 Å². The first kappa shape index (κ1) is 17.5. The molecule has 0 heterocycles. The Morgan fingerprint density at radius 3 is 2.46 bits per heavy atom. The number of hydrogen-bond acceptors (Lipinski definition) is 5. The summed E-state index contributed by atoms with van der Waals surface area (Å²) in [6.45, 7) is 3.60. The Balaban J connectivity index is 2.50. The Kier molecular flexibility index (Phi) is 5.20. The lowest BCUT2D eigenvalue weighted by Crippen LogP contribution is -2.31. The molecule has 2 rings (SSSR count). The lowest BCUT2D eigenvalue weighted by molar-refractivity contribution is -0.385. The zero-order valence-corrected chi connectivity index (χ0v) is 13.8. The second-order valence-corrected chi connectivity index (χ2v) is 6.64. The van der Waals surface area contributed by atoms with Crippen LogP contribution in [0.3, 0.4) is 0 Å². The highest BCUT2D eigenvalue weighted by molar-refractivity contribution is 7.92. The van der Waals surface area contributed by atoms with Crippen molar-refractivity contribution >= 4 is 21.4 Å². The fourth-order valence-corrected chi connectivity index (χ4v) is 3.57. The molecule has 0 bridgehead atoms. The molecule has 2 aromatic carbocycles. The Bertz CT molecular complexity index is 847. The van der Waals surface area contributed by atoms with Crippen LogP contribution in [0.4, 0.5) is 11.4 Å². The summed E-state index contributed by atoms with van der Waals surface area (Å²) in [5, 5.41) is 10.9. The van der Waals surface area contributed by atoms with E-state index in [0.29, 0.717) is 11.4 Å². The molecule has 8 heteroatoms. The van der Waals surface area contributed by atoms with Crippen molar-refractivity contribution in [1.29, 1.82) is 0 Å². The van der Waals surface area contributed by atoms with E-state index in [1.165, 1.54) is 31.4 Å². The van der Waals surface area contributed by atoms with E-state index in [9.17, 15) is 18.5 Å². The number of nitro benzene ring substituents is 1. The SMILES string of the molecule is C=CCN(c1ccc(OC)cc1)S(=O)(=O)c1cccc([N+](=O)[O-])c1. The van der Waals surface area contributed by atoms with Gasteiger partial charge in [-0.15, -0.1) is 6.58 Å². The average molecular weight is 348 g/mol. The molecule has 0 unspecified atom stereocenters.